The molecule has 16 heavy (non-hydrogen) atoms. The summed E-state index contributed by atoms with van der Waals surface area (Å²) in [6.07, 6.45) is 5.47. The fourth-order valence-electron chi connectivity index (χ4n) is 2.12. The molecule has 0 saturated carbocycles. The van der Waals surface area contributed by atoms with Crippen LogP contribution < -0.4 is 11.1 Å². The van der Waals surface area contributed by atoms with E-state index in [0.29, 0.717) is 10.3 Å². The number of nitrogens with one attached hydrogen (secondary N) is 2. The van der Waals surface area contributed by atoms with Gasteiger partial charge in [0.25, 0.3) is 0 Å². The smallest absolute Gasteiger partial charge is 0.226 e. The number of nitrogens with zero attached hydrogens (tertiary/aromatic N) is 2. The van der Waals surface area contributed by atoms with Gasteiger partial charge in [0.2, 0.25) is 12.1 Å². The maximum Gasteiger partial charge on any atom is 0.226 e. The zero-order valence-electron chi connectivity index (χ0n) is 10.2. The van der Waals surface area contributed by atoms with Crippen molar-refractivity contribution in [1.82, 2.24) is 10.2 Å². The number of likely N-dealkylation sites (tertiary alicyclic amines) is 1. The number of hydrogen-bond donors (Lipinski definition) is 3. The number of hydrogen-bond acceptors (Lipinski definition) is 4. The second kappa shape index (κ2) is 4.07. The van der Waals surface area contributed by atoms with E-state index >= 15 is 0 Å². The first-order chi connectivity index (χ1) is 7.51. The Balaban J connectivity index is 2.14. The van der Waals surface area contributed by atoms with Gasteiger partial charge in [0, 0.05) is 13.1 Å². The molecule has 0 aromatic heterocycles. The van der Waals surface area contributed by atoms with Crippen LogP contribution in [0.1, 0.15) is 19.3 Å². The van der Waals surface area contributed by atoms with Crippen LogP contribution in [-0.4, -0.2) is 48.7 Å². The normalized spacial score (nSPS) is 29.7. The van der Waals surface area contributed by atoms with Crippen molar-refractivity contribution in [2.45, 2.75) is 25.6 Å². The van der Waals surface area contributed by atoms with Crippen molar-refractivity contribution in [2.75, 3.05) is 27.2 Å². The first-order valence-electron chi connectivity index (χ1n) is 5.93. The molecule has 1 atom stereocenters. The number of nitrogens with two attached hydrogens (primary N) is 1. The van der Waals surface area contributed by atoms with Gasteiger partial charge in [0.15, 0.2) is 0 Å². The standard InChI is InChI=1S/C11H22N5/c1-16(2)9(12)8-10(14-11(16)13)15-6-4-3-5-7-15/h8,11-12,14H,3-7,13H2,1-2H3/q+1. The third-order valence-electron chi connectivity index (χ3n) is 3.58. The van der Waals surface area contributed by atoms with E-state index in [1.807, 2.05) is 20.2 Å². The Morgan fingerprint density at radius 1 is 1.38 bits per heavy atom. The van der Waals surface area contributed by atoms with E-state index < -0.39 is 0 Å². The molecule has 0 aromatic carbocycles. The third kappa shape index (κ3) is 1.92. The van der Waals surface area contributed by atoms with Crippen LogP contribution in [0.15, 0.2) is 11.9 Å². The summed E-state index contributed by atoms with van der Waals surface area (Å²) in [5.74, 6) is 1.58. The lowest BCUT2D eigenvalue weighted by atomic mass is 10.1. The van der Waals surface area contributed by atoms with Crippen LogP contribution in [0.25, 0.3) is 0 Å². The van der Waals surface area contributed by atoms with Gasteiger partial charge in [-0.05, 0) is 19.3 Å². The molecule has 5 nitrogen and oxygen atoms in total. The molecule has 4 N–H and O–H groups in total. The van der Waals surface area contributed by atoms with Crippen molar-refractivity contribution in [3.63, 3.8) is 0 Å². The molecule has 0 bridgehead atoms. The highest BCUT2D eigenvalue weighted by Gasteiger charge is 2.35. The summed E-state index contributed by atoms with van der Waals surface area (Å²) >= 11 is 0. The Labute approximate surface area is 97.0 Å². The molecule has 0 aliphatic carbocycles. The van der Waals surface area contributed by atoms with Crippen molar-refractivity contribution in [3.8, 4) is 0 Å². The van der Waals surface area contributed by atoms with Crippen molar-refractivity contribution in [2.24, 2.45) is 5.73 Å². The van der Waals surface area contributed by atoms with Crippen LogP contribution in [0.3, 0.4) is 0 Å². The highest BCUT2D eigenvalue weighted by atomic mass is 15.5. The first kappa shape index (κ1) is 11.4. The molecule has 0 spiro atoms. The number of amidine groups is 1. The van der Waals surface area contributed by atoms with E-state index in [2.05, 4.69) is 10.2 Å². The molecular weight excluding hydrogens is 202 g/mol. The molecule has 2 aliphatic heterocycles. The van der Waals surface area contributed by atoms with Gasteiger partial charge in [-0.15, -0.1) is 0 Å². The van der Waals surface area contributed by atoms with Crippen LogP contribution in [-0.2, 0) is 0 Å². The van der Waals surface area contributed by atoms with Crippen LogP contribution in [0.2, 0.25) is 0 Å². The monoisotopic (exact) mass is 224 g/mol. The molecule has 0 aromatic rings. The molecule has 2 aliphatic rings. The molecule has 1 fully saturated rings. The third-order valence-corrected chi connectivity index (χ3v) is 3.58. The average Bonchev–Trinajstić information content (AvgIpc) is 2.27. The summed E-state index contributed by atoms with van der Waals surface area (Å²) in [7, 11) is 3.90. The van der Waals surface area contributed by atoms with Gasteiger partial charge in [0.05, 0.1) is 20.2 Å². The first-order valence-corrected chi connectivity index (χ1v) is 5.93. The topological polar surface area (TPSA) is 65.1 Å². The summed E-state index contributed by atoms with van der Waals surface area (Å²) in [5.41, 5.74) is 6.05. The molecule has 0 radical (unpaired) electrons. The van der Waals surface area contributed by atoms with Gasteiger partial charge in [-0.1, -0.05) is 0 Å². The molecule has 2 heterocycles. The van der Waals surface area contributed by atoms with Gasteiger partial charge in [-0.25, -0.2) is 4.48 Å². The lowest BCUT2D eigenvalue weighted by Crippen LogP contribution is -2.66. The molecule has 5 heteroatoms. The lowest BCUT2D eigenvalue weighted by molar-refractivity contribution is -0.831. The van der Waals surface area contributed by atoms with E-state index in [1.54, 1.807) is 0 Å². The maximum atomic E-state index is 8.02. The second-order valence-electron chi connectivity index (χ2n) is 5.09. The second-order valence-corrected chi connectivity index (χ2v) is 5.09. The molecule has 0 amide bonds. The maximum absolute atomic E-state index is 8.02. The summed E-state index contributed by atoms with van der Waals surface area (Å²) in [6.45, 7) is 2.15. The van der Waals surface area contributed by atoms with Crippen LogP contribution in [0, 0.1) is 5.41 Å². The van der Waals surface area contributed by atoms with Crippen molar-refractivity contribution >= 4 is 5.84 Å². The molecule has 1 unspecified atom stereocenters. The zero-order valence-corrected chi connectivity index (χ0v) is 10.2. The number of likely N-dealkylation sites (N-methyl/N-ethyl adjacent to an activating group) is 1. The van der Waals surface area contributed by atoms with Crippen LogP contribution in [0.4, 0.5) is 0 Å². The summed E-state index contributed by atoms with van der Waals surface area (Å²) in [4.78, 5) is 2.30. The van der Waals surface area contributed by atoms with Crippen molar-refractivity contribution in [3.05, 3.63) is 11.9 Å². The largest absolute Gasteiger partial charge is 0.358 e. The van der Waals surface area contributed by atoms with E-state index in [0.717, 1.165) is 18.9 Å². The molecule has 90 valence electrons. The molecular formula is C11H22N5+. The quantitative estimate of drug-likeness (QED) is 0.558. The number of quaternary nitrogens is 1. The Morgan fingerprint density at radius 3 is 2.56 bits per heavy atom. The minimum absolute atomic E-state index is 0.227. The van der Waals surface area contributed by atoms with Gasteiger partial charge >= 0.3 is 0 Å². The molecule has 2 rings (SSSR count). The summed E-state index contributed by atoms with van der Waals surface area (Å²) in [6, 6.07) is 0. The highest BCUT2D eigenvalue weighted by Crippen LogP contribution is 2.18. The summed E-state index contributed by atoms with van der Waals surface area (Å²) < 4.78 is 0.386. The predicted molar refractivity (Wildman–Crippen MR) is 64.5 cm³/mol. The SMILES string of the molecule is C[N+]1(C)C(=N)C=C(N2CCCCC2)NC1N. The Hall–Kier alpha value is -1.07. The van der Waals surface area contributed by atoms with Gasteiger partial charge in [0.1, 0.15) is 5.82 Å². The van der Waals surface area contributed by atoms with Gasteiger partial charge < -0.3 is 10.2 Å². The van der Waals surface area contributed by atoms with E-state index in [1.165, 1.54) is 19.3 Å². The Morgan fingerprint density at radius 2 is 2.00 bits per heavy atom. The number of rotatable bonds is 1. The van der Waals surface area contributed by atoms with E-state index in [4.69, 9.17) is 11.1 Å². The average molecular weight is 224 g/mol. The fourth-order valence-corrected chi connectivity index (χ4v) is 2.12. The van der Waals surface area contributed by atoms with Gasteiger partial charge in [-0.3, -0.25) is 11.1 Å². The highest BCUT2D eigenvalue weighted by molar-refractivity contribution is 5.85. The Kier molecular flexibility index (Phi) is 2.90. The van der Waals surface area contributed by atoms with Crippen LogP contribution >= 0.6 is 0 Å². The van der Waals surface area contributed by atoms with Crippen molar-refractivity contribution in [1.29, 1.82) is 5.41 Å². The van der Waals surface area contributed by atoms with Crippen molar-refractivity contribution < 1.29 is 4.48 Å². The van der Waals surface area contributed by atoms with E-state index in [9.17, 15) is 0 Å². The zero-order chi connectivity index (χ0) is 11.8. The minimum atomic E-state index is -0.227. The predicted octanol–water partition coefficient (Wildman–Crippen LogP) is 0.213. The number of piperidine rings is 1. The van der Waals surface area contributed by atoms with Gasteiger partial charge in [-0.2, -0.15) is 0 Å². The Bertz CT molecular complexity index is 314. The molecule has 1 saturated heterocycles. The van der Waals surface area contributed by atoms with E-state index in [-0.39, 0.29) is 6.29 Å². The van der Waals surface area contributed by atoms with Crippen LogP contribution in [0.5, 0.6) is 0 Å². The lowest BCUT2D eigenvalue weighted by Gasteiger charge is -2.42. The fraction of sp³-hybridized carbons (Fsp3) is 0.727. The minimum Gasteiger partial charge on any atom is -0.358 e. The summed E-state index contributed by atoms with van der Waals surface area (Å²) in [5, 5.41) is 11.3.